The summed E-state index contributed by atoms with van der Waals surface area (Å²) in [6.07, 6.45) is 2.84. The summed E-state index contributed by atoms with van der Waals surface area (Å²) in [6, 6.07) is 5.57. The van der Waals surface area contributed by atoms with Gasteiger partial charge in [0.25, 0.3) is 0 Å². The first-order valence-electron chi connectivity index (χ1n) is 10.8. The third-order valence-corrected chi connectivity index (χ3v) is 6.82. The summed E-state index contributed by atoms with van der Waals surface area (Å²) in [5, 5.41) is 10.9. The summed E-state index contributed by atoms with van der Waals surface area (Å²) in [4.78, 5) is 8.21. The molecule has 1 fully saturated rings. The molecule has 1 saturated heterocycles. The van der Waals surface area contributed by atoms with E-state index in [1.165, 1.54) is 17.1 Å². The lowest BCUT2D eigenvalue weighted by molar-refractivity contribution is -0.137. The topological polar surface area (TPSA) is 70.9 Å². The highest BCUT2D eigenvalue weighted by Gasteiger charge is 2.36. The number of aromatic nitrogens is 4. The van der Waals surface area contributed by atoms with E-state index in [0.29, 0.717) is 17.3 Å². The van der Waals surface area contributed by atoms with Crippen molar-refractivity contribution in [2.24, 2.45) is 0 Å². The number of hydrogen-bond acceptors (Lipinski definition) is 7. The molecule has 0 bridgehead atoms. The molecule has 7 nitrogen and oxygen atoms in total. The number of anilines is 1. The molecule has 182 valence electrons. The lowest BCUT2D eigenvalue weighted by Crippen LogP contribution is -2.35. The molecule has 0 radical (unpaired) electrons. The SMILES string of the molecule is CNCc1ccc(-n2cc(-c3nc(NC4CCN(SC)CC4)ncc3C(F)(F)F)cn2)c(Cl)c1. The molecule has 0 amide bonds. The standard InChI is InChI=1S/C22H25ClF3N7S/c1-27-10-14-3-4-19(18(23)9-14)33-13-15(11-29-33)20-17(22(24,25)26)12-28-21(31-20)30-16-5-7-32(34-2)8-6-16/h3-4,9,11-13,16,27H,5-8,10H2,1-2H3,(H,28,30,31). The fourth-order valence-electron chi connectivity index (χ4n) is 3.87. The van der Waals surface area contributed by atoms with Crippen LogP contribution in [-0.2, 0) is 12.7 Å². The normalized spacial score (nSPS) is 15.6. The Hall–Kier alpha value is -2.34. The molecule has 4 rings (SSSR count). The van der Waals surface area contributed by atoms with Crippen LogP contribution in [0.5, 0.6) is 0 Å². The van der Waals surface area contributed by atoms with E-state index in [4.69, 9.17) is 11.6 Å². The quantitative estimate of drug-likeness (QED) is 0.438. The average Bonchev–Trinajstić information content (AvgIpc) is 3.29. The number of rotatable bonds is 7. The minimum Gasteiger partial charge on any atom is -0.351 e. The molecule has 2 N–H and O–H groups in total. The lowest BCUT2D eigenvalue weighted by atomic mass is 10.1. The number of alkyl halides is 3. The summed E-state index contributed by atoms with van der Waals surface area (Å²) in [5.41, 5.74) is 0.642. The van der Waals surface area contributed by atoms with Crippen LogP contribution in [0.4, 0.5) is 19.1 Å². The second-order valence-corrected chi connectivity index (χ2v) is 9.26. The second kappa shape index (κ2) is 10.5. The van der Waals surface area contributed by atoms with Gasteiger partial charge < -0.3 is 10.6 Å². The molecule has 3 aromatic rings. The molecule has 1 aliphatic rings. The van der Waals surface area contributed by atoms with Crippen molar-refractivity contribution in [3.63, 3.8) is 0 Å². The maximum Gasteiger partial charge on any atom is 0.419 e. The van der Waals surface area contributed by atoms with Gasteiger partial charge in [-0.15, -0.1) is 0 Å². The number of hydrogen-bond donors (Lipinski definition) is 2. The molecule has 3 heterocycles. The van der Waals surface area contributed by atoms with Gasteiger partial charge in [-0.1, -0.05) is 29.6 Å². The van der Waals surface area contributed by atoms with Crippen LogP contribution in [0.1, 0.15) is 24.0 Å². The molecule has 2 aromatic heterocycles. The van der Waals surface area contributed by atoms with Crippen LogP contribution in [0.3, 0.4) is 0 Å². The van der Waals surface area contributed by atoms with Gasteiger partial charge in [-0.05, 0) is 43.8 Å². The lowest BCUT2D eigenvalue weighted by Gasteiger charge is -2.30. The van der Waals surface area contributed by atoms with Gasteiger partial charge in [0.15, 0.2) is 0 Å². The molecule has 0 aliphatic carbocycles. The smallest absolute Gasteiger partial charge is 0.351 e. The Labute approximate surface area is 205 Å². The summed E-state index contributed by atoms with van der Waals surface area (Å²) < 4.78 is 45.0. The minimum atomic E-state index is -4.61. The van der Waals surface area contributed by atoms with Crippen molar-refractivity contribution in [3.05, 3.63) is 52.9 Å². The number of nitrogens with zero attached hydrogens (tertiary/aromatic N) is 5. The van der Waals surface area contributed by atoms with Crippen molar-refractivity contribution >= 4 is 29.5 Å². The van der Waals surface area contributed by atoms with Crippen LogP contribution in [0.25, 0.3) is 16.9 Å². The zero-order valence-corrected chi connectivity index (χ0v) is 20.3. The average molecular weight is 512 g/mol. The maximum absolute atomic E-state index is 13.8. The maximum atomic E-state index is 13.8. The van der Waals surface area contributed by atoms with Gasteiger partial charge >= 0.3 is 6.18 Å². The van der Waals surface area contributed by atoms with E-state index in [9.17, 15) is 13.2 Å². The van der Waals surface area contributed by atoms with E-state index in [0.717, 1.165) is 37.7 Å². The van der Waals surface area contributed by atoms with Gasteiger partial charge in [-0.3, -0.25) is 4.31 Å². The second-order valence-electron chi connectivity index (χ2n) is 7.97. The molecule has 34 heavy (non-hydrogen) atoms. The van der Waals surface area contributed by atoms with Crippen LogP contribution in [0.15, 0.2) is 36.8 Å². The zero-order valence-electron chi connectivity index (χ0n) is 18.7. The van der Waals surface area contributed by atoms with Gasteiger partial charge in [0, 0.05) is 43.6 Å². The summed E-state index contributed by atoms with van der Waals surface area (Å²) in [5.74, 6) is 0.174. The highest BCUT2D eigenvalue weighted by Crippen LogP contribution is 2.36. The van der Waals surface area contributed by atoms with Gasteiger partial charge in [-0.2, -0.15) is 18.3 Å². The molecule has 0 atom stereocenters. The van der Waals surface area contributed by atoms with Gasteiger partial charge in [-0.25, -0.2) is 14.6 Å². The van der Waals surface area contributed by atoms with Crippen molar-refractivity contribution in [1.82, 2.24) is 29.4 Å². The number of halogens is 4. The van der Waals surface area contributed by atoms with Gasteiger partial charge in [0.1, 0.15) is 5.56 Å². The highest BCUT2D eigenvalue weighted by molar-refractivity contribution is 7.96. The first-order valence-corrected chi connectivity index (χ1v) is 12.3. The Morgan fingerprint density at radius 2 is 1.97 bits per heavy atom. The van der Waals surface area contributed by atoms with E-state index in [1.54, 1.807) is 24.1 Å². The fraction of sp³-hybridized carbons (Fsp3) is 0.409. The molecule has 1 aliphatic heterocycles. The molecule has 1 aromatic carbocycles. The third kappa shape index (κ3) is 5.65. The van der Waals surface area contributed by atoms with Crippen molar-refractivity contribution in [2.75, 3.05) is 31.7 Å². The van der Waals surface area contributed by atoms with Crippen LogP contribution in [0.2, 0.25) is 5.02 Å². The predicted molar refractivity (Wildman–Crippen MR) is 129 cm³/mol. The monoisotopic (exact) mass is 511 g/mol. The molecular weight excluding hydrogens is 487 g/mol. The third-order valence-electron chi connectivity index (χ3n) is 5.64. The van der Waals surface area contributed by atoms with E-state index >= 15 is 0 Å². The van der Waals surface area contributed by atoms with E-state index in [-0.39, 0.29) is 23.2 Å². The van der Waals surface area contributed by atoms with Gasteiger partial charge in [0.05, 0.1) is 22.6 Å². The predicted octanol–water partition coefficient (Wildman–Crippen LogP) is 4.88. The highest BCUT2D eigenvalue weighted by atomic mass is 35.5. The molecule has 0 spiro atoms. The Balaban J connectivity index is 1.63. The van der Waals surface area contributed by atoms with E-state index in [2.05, 4.69) is 30.0 Å². The summed E-state index contributed by atoms with van der Waals surface area (Å²) >= 11 is 8.09. The number of piperidine rings is 1. The molecular formula is C22H25ClF3N7S. The van der Waals surface area contributed by atoms with Gasteiger partial charge in [0.2, 0.25) is 5.95 Å². The van der Waals surface area contributed by atoms with Crippen LogP contribution < -0.4 is 10.6 Å². The van der Waals surface area contributed by atoms with Crippen LogP contribution in [-0.4, -0.2) is 56.5 Å². The summed E-state index contributed by atoms with van der Waals surface area (Å²) in [6.45, 7) is 2.44. The van der Waals surface area contributed by atoms with Crippen molar-refractivity contribution in [3.8, 4) is 16.9 Å². The van der Waals surface area contributed by atoms with Crippen molar-refractivity contribution in [1.29, 1.82) is 0 Å². The molecule has 0 saturated carbocycles. The van der Waals surface area contributed by atoms with Crippen LogP contribution in [0, 0.1) is 0 Å². The Kier molecular flexibility index (Phi) is 7.66. The fourth-order valence-corrected chi connectivity index (χ4v) is 4.74. The molecule has 12 heteroatoms. The first kappa shape index (κ1) is 24.8. The number of nitrogens with one attached hydrogen (secondary N) is 2. The van der Waals surface area contributed by atoms with E-state index < -0.39 is 11.7 Å². The van der Waals surface area contributed by atoms with Crippen LogP contribution >= 0.6 is 23.5 Å². The zero-order chi connectivity index (χ0) is 24.3. The minimum absolute atomic E-state index is 0.102. The van der Waals surface area contributed by atoms with Crippen molar-refractivity contribution in [2.45, 2.75) is 31.6 Å². The van der Waals surface area contributed by atoms with Crippen molar-refractivity contribution < 1.29 is 13.2 Å². The Bertz CT molecular complexity index is 1130. The Morgan fingerprint density at radius 1 is 1.21 bits per heavy atom. The Morgan fingerprint density at radius 3 is 2.62 bits per heavy atom. The van der Waals surface area contributed by atoms with E-state index in [1.807, 2.05) is 19.4 Å². The summed E-state index contributed by atoms with van der Waals surface area (Å²) in [7, 11) is 1.83. The first-order chi connectivity index (χ1) is 16.3. The molecule has 0 unspecified atom stereocenters. The largest absolute Gasteiger partial charge is 0.419 e. The number of benzene rings is 1.